The maximum absolute atomic E-state index is 11.8. The summed E-state index contributed by atoms with van der Waals surface area (Å²) in [7, 11) is -3.20. The zero-order valence-electron chi connectivity index (χ0n) is 10.3. The van der Waals surface area contributed by atoms with Gasteiger partial charge < -0.3 is 11.1 Å². The molecular formula is C10H15ClN4O3S. The third kappa shape index (κ3) is 5.86. The highest BCUT2D eigenvalue weighted by Crippen LogP contribution is 2.16. The maximum Gasteiger partial charge on any atom is 0.252 e. The summed E-state index contributed by atoms with van der Waals surface area (Å²) in [5.41, 5.74) is 5.70. The first-order valence-electron chi connectivity index (χ1n) is 5.43. The molecule has 19 heavy (non-hydrogen) atoms. The first kappa shape index (κ1) is 15.7. The van der Waals surface area contributed by atoms with Gasteiger partial charge in [-0.05, 0) is 12.5 Å². The predicted molar refractivity (Wildman–Crippen MR) is 73.5 cm³/mol. The topological polar surface area (TPSA) is 114 Å². The number of nitrogens with zero attached hydrogens (tertiary/aromatic N) is 1. The standard InChI is InChI=1S/C10H15ClN4O3S/c1-19(17,18)15-4-2-3-13-10(16)7-5-9(12)14-6-8(7)11/h5-6,15H,2-4H2,1H3,(H2,12,14)(H,13,16). The molecule has 0 aromatic carbocycles. The van der Waals surface area contributed by atoms with E-state index in [1.54, 1.807) is 0 Å². The summed E-state index contributed by atoms with van der Waals surface area (Å²) >= 11 is 5.82. The van der Waals surface area contributed by atoms with Crippen molar-refractivity contribution in [3.63, 3.8) is 0 Å². The summed E-state index contributed by atoms with van der Waals surface area (Å²) in [5.74, 6) is -0.174. The van der Waals surface area contributed by atoms with Crippen LogP contribution >= 0.6 is 11.6 Å². The van der Waals surface area contributed by atoms with Crippen molar-refractivity contribution in [1.29, 1.82) is 0 Å². The third-order valence-electron chi connectivity index (χ3n) is 2.12. The fourth-order valence-electron chi connectivity index (χ4n) is 1.27. The Morgan fingerprint density at radius 1 is 1.47 bits per heavy atom. The first-order valence-corrected chi connectivity index (χ1v) is 7.70. The SMILES string of the molecule is CS(=O)(=O)NCCCNC(=O)c1cc(N)ncc1Cl. The van der Waals surface area contributed by atoms with E-state index >= 15 is 0 Å². The molecule has 1 heterocycles. The zero-order chi connectivity index (χ0) is 14.5. The normalized spacial score (nSPS) is 11.3. The molecule has 0 aliphatic carbocycles. The van der Waals surface area contributed by atoms with Gasteiger partial charge in [-0.25, -0.2) is 18.1 Å². The number of carbonyl (C=O) groups excluding carboxylic acids is 1. The molecule has 0 saturated carbocycles. The average Bonchev–Trinajstić information content (AvgIpc) is 2.30. The number of hydrogen-bond donors (Lipinski definition) is 3. The molecule has 0 spiro atoms. The Bertz CT molecular complexity index is 562. The lowest BCUT2D eigenvalue weighted by atomic mass is 10.2. The lowest BCUT2D eigenvalue weighted by molar-refractivity contribution is 0.0953. The van der Waals surface area contributed by atoms with Crippen LogP contribution in [-0.4, -0.2) is 38.7 Å². The number of hydrogen-bond acceptors (Lipinski definition) is 5. The van der Waals surface area contributed by atoms with Crippen molar-refractivity contribution >= 4 is 33.3 Å². The highest BCUT2D eigenvalue weighted by molar-refractivity contribution is 7.88. The van der Waals surface area contributed by atoms with E-state index < -0.39 is 10.0 Å². The van der Waals surface area contributed by atoms with E-state index in [2.05, 4.69) is 15.0 Å². The second-order valence-electron chi connectivity index (χ2n) is 3.86. The summed E-state index contributed by atoms with van der Waals surface area (Å²) in [6.45, 7) is 0.575. The number of nitrogen functional groups attached to an aromatic ring is 1. The lowest BCUT2D eigenvalue weighted by Gasteiger charge is -2.07. The van der Waals surface area contributed by atoms with Crippen LogP contribution in [-0.2, 0) is 10.0 Å². The molecular weight excluding hydrogens is 292 g/mol. The minimum Gasteiger partial charge on any atom is -0.384 e. The van der Waals surface area contributed by atoms with Crippen LogP contribution in [0.1, 0.15) is 16.8 Å². The summed E-state index contributed by atoms with van der Waals surface area (Å²) in [5, 5.41) is 2.82. The maximum atomic E-state index is 11.8. The molecule has 7 nitrogen and oxygen atoms in total. The van der Waals surface area contributed by atoms with E-state index in [0.717, 1.165) is 6.26 Å². The predicted octanol–water partition coefficient (Wildman–Crippen LogP) is -0.0137. The quantitative estimate of drug-likeness (QED) is 0.639. The lowest BCUT2D eigenvalue weighted by Crippen LogP contribution is -2.29. The summed E-state index contributed by atoms with van der Waals surface area (Å²) < 4.78 is 23.9. The van der Waals surface area contributed by atoms with Crippen LogP contribution in [0.4, 0.5) is 5.82 Å². The van der Waals surface area contributed by atoms with Crippen molar-refractivity contribution in [3.05, 3.63) is 22.8 Å². The summed E-state index contributed by atoms with van der Waals surface area (Å²) in [6.07, 6.45) is 2.85. The Hall–Kier alpha value is -1.38. The van der Waals surface area contributed by atoms with Crippen LogP contribution in [0.5, 0.6) is 0 Å². The highest BCUT2D eigenvalue weighted by atomic mass is 35.5. The largest absolute Gasteiger partial charge is 0.384 e. The average molecular weight is 307 g/mol. The Balaban J connectivity index is 2.42. The zero-order valence-corrected chi connectivity index (χ0v) is 11.9. The number of rotatable bonds is 6. The number of amides is 1. The van der Waals surface area contributed by atoms with Gasteiger partial charge in [-0.3, -0.25) is 4.79 Å². The van der Waals surface area contributed by atoms with Crippen LogP contribution in [0.15, 0.2) is 12.3 Å². The monoisotopic (exact) mass is 306 g/mol. The molecule has 0 fully saturated rings. The number of nitrogens with one attached hydrogen (secondary N) is 2. The van der Waals surface area contributed by atoms with Crippen molar-refractivity contribution in [1.82, 2.24) is 15.0 Å². The van der Waals surface area contributed by atoms with Crippen LogP contribution in [0.25, 0.3) is 0 Å². The van der Waals surface area contributed by atoms with Gasteiger partial charge in [-0.1, -0.05) is 11.6 Å². The minimum atomic E-state index is -3.20. The molecule has 9 heteroatoms. The van der Waals surface area contributed by atoms with Gasteiger partial charge in [0.1, 0.15) is 5.82 Å². The van der Waals surface area contributed by atoms with E-state index in [-0.39, 0.29) is 28.9 Å². The third-order valence-corrected chi connectivity index (χ3v) is 3.15. The molecule has 4 N–H and O–H groups in total. The number of anilines is 1. The molecule has 0 radical (unpaired) electrons. The molecule has 0 aliphatic heterocycles. The number of carbonyl (C=O) groups is 1. The fourth-order valence-corrected chi connectivity index (χ4v) is 1.98. The number of sulfonamides is 1. The van der Waals surface area contributed by atoms with Gasteiger partial charge in [0, 0.05) is 19.3 Å². The van der Waals surface area contributed by atoms with Crippen molar-refractivity contribution < 1.29 is 13.2 Å². The van der Waals surface area contributed by atoms with Crippen molar-refractivity contribution in [2.45, 2.75) is 6.42 Å². The van der Waals surface area contributed by atoms with Crippen molar-refractivity contribution in [3.8, 4) is 0 Å². The summed E-state index contributed by atoms with van der Waals surface area (Å²) in [6, 6.07) is 1.38. The molecule has 1 rings (SSSR count). The van der Waals surface area contributed by atoms with Crippen molar-refractivity contribution in [2.24, 2.45) is 0 Å². The van der Waals surface area contributed by atoms with Gasteiger partial charge in [0.2, 0.25) is 10.0 Å². The van der Waals surface area contributed by atoms with Gasteiger partial charge in [-0.15, -0.1) is 0 Å². The van der Waals surface area contributed by atoms with E-state index in [1.165, 1.54) is 12.3 Å². The Morgan fingerprint density at radius 2 is 2.16 bits per heavy atom. The van der Waals surface area contributed by atoms with Gasteiger partial charge in [0.25, 0.3) is 5.91 Å². The molecule has 106 valence electrons. The molecule has 0 unspecified atom stereocenters. The first-order chi connectivity index (χ1) is 8.79. The highest BCUT2D eigenvalue weighted by Gasteiger charge is 2.10. The van der Waals surface area contributed by atoms with Crippen LogP contribution in [0, 0.1) is 0 Å². The molecule has 0 bridgehead atoms. The van der Waals surface area contributed by atoms with Gasteiger partial charge in [0.05, 0.1) is 16.8 Å². The van der Waals surface area contributed by atoms with Gasteiger partial charge in [-0.2, -0.15) is 0 Å². The van der Waals surface area contributed by atoms with Crippen LogP contribution in [0.3, 0.4) is 0 Å². The summed E-state index contributed by atoms with van der Waals surface area (Å²) in [4.78, 5) is 15.5. The second kappa shape index (κ2) is 6.69. The van der Waals surface area contributed by atoms with Gasteiger partial charge in [0.15, 0.2) is 0 Å². The number of pyridine rings is 1. The molecule has 0 saturated heterocycles. The second-order valence-corrected chi connectivity index (χ2v) is 6.11. The van der Waals surface area contributed by atoms with E-state index in [9.17, 15) is 13.2 Å². The van der Waals surface area contributed by atoms with Crippen molar-refractivity contribution in [2.75, 3.05) is 25.1 Å². The Labute approximate surface area is 116 Å². The van der Waals surface area contributed by atoms with E-state index in [1.807, 2.05) is 0 Å². The van der Waals surface area contributed by atoms with Crippen LogP contribution < -0.4 is 15.8 Å². The Kier molecular flexibility index (Phi) is 5.52. The van der Waals surface area contributed by atoms with Crippen LogP contribution in [0.2, 0.25) is 5.02 Å². The number of halogens is 1. The molecule has 1 aromatic rings. The van der Waals surface area contributed by atoms with Gasteiger partial charge >= 0.3 is 0 Å². The molecule has 0 aliphatic rings. The molecule has 0 atom stereocenters. The molecule has 1 aromatic heterocycles. The van der Waals surface area contributed by atoms with E-state index in [0.29, 0.717) is 13.0 Å². The number of nitrogens with two attached hydrogens (primary N) is 1. The smallest absolute Gasteiger partial charge is 0.252 e. The Morgan fingerprint density at radius 3 is 2.79 bits per heavy atom. The number of aromatic nitrogens is 1. The fraction of sp³-hybridized carbons (Fsp3) is 0.400. The minimum absolute atomic E-state index is 0.202. The van der Waals surface area contributed by atoms with E-state index in [4.69, 9.17) is 17.3 Å². The molecule has 1 amide bonds.